The van der Waals surface area contributed by atoms with E-state index < -0.39 is 10.1 Å². The third-order valence-electron chi connectivity index (χ3n) is 5.72. The molecule has 186 valence electrons. The number of anilines is 3. The minimum atomic E-state index is -3.71. The van der Waals surface area contributed by atoms with E-state index in [9.17, 15) is 8.42 Å². The van der Waals surface area contributed by atoms with Crippen LogP contribution in [0.15, 0.2) is 114 Å². The van der Waals surface area contributed by atoms with Crippen molar-refractivity contribution in [3.63, 3.8) is 0 Å². The largest absolute Gasteiger partial charge is 0.377 e. The molecule has 4 aromatic rings. The number of benzene rings is 4. The normalized spacial score (nSPS) is 11.4. The van der Waals surface area contributed by atoms with Crippen LogP contribution in [0.1, 0.15) is 24.0 Å². The summed E-state index contributed by atoms with van der Waals surface area (Å²) < 4.78 is 35.4. The van der Waals surface area contributed by atoms with E-state index in [-0.39, 0.29) is 11.5 Å². The van der Waals surface area contributed by atoms with E-state index in [4.69, 9.17) is 8.92 Å². The van der Waals surface area contributed by atoms with Gasteiger partial charge in [-0.15, -0.1) is 0 Å². The number of ether oxygens (including phenoxy) is 1. The predicted octanol–water partition coefficient (Wildman–Crippen LogP) is 7.17. The zero-order valence-corrected chi connectivity index (χ0v) is 21.2. The van der Waals surface area contributed by atoms with Gasteiger partial charge in [0.05, 0.1) is 18.1 Å². The van der Waals surface area contributed by atoms with Crippen LogP contribution in [-0.4, -0.2) is 21.6 Å². The highest BCUT2D eigenvalue weighted by atomic mass is 32.2. The van der Waals surface area contributed by atoms with E-state index in [1.807, 2.05) is 43.3 Å². The van der Waals surface area contributed by atoms with E-state index >= 15 is 0 Å². The van der Waals surface area contributed by atoms with Crippen molar-refractivity contribution in [2.45, 2.75) is 31.3 Å². The first kappa shape index (κ1) is 25.6. The number of hydrogen-bond acceptors (Lipinski definition) is 5. The summed E-state index contributed by atoms with van der Waals surface area (Å²) in [6, 6.07) is 35.6. The Balaban J connectivity index is 1.24. The van der Waals surface area contributed by atoms with Gasteiger partial charge < -0.3 is 9.64 Å². The fourth-order valence-electron chi connectivity index (χ4n) is 3.78. The second-order valence-electron chi connectivity index (χ2n) is 8.52. The molecule has 0 saturated heterocycles. The molecular weight excluding hydrogens is 470 g/mol. The smallest absolute Gasteiger partial charge is 0.296 e. The summed E-state index contributed by atoms with van der Waals surface area (Å²) in [7, 11) is -3.71. The molecule has 0 amide bonds. The van der Waals surface area contributed by atoms with Gasteiger partial charge in [0, 0.05) is 23.7 Å². The second-order valence-corrected chi connectivity index (χ2v) is 10.1. The minimum absolute atomic E-state index is 0.142. The van der Waals surface area contributed by atoms with Gasteiger partial charge in [-0.05, 0) is 73.9 Å². The number of hydrogen-bond donors (Lipinski definition) is 0. The first-order valence-electron chi connectivity index (χ1n) is 12.1. The number of nitrogens with zero attached hydrogens (tertiary/aromatic N) is 1. The lowest BCUT2D eigenvalue weighted by Gasteiger charge is -2.25. The Kier molecular flexibility index (Phi) is 8.90. The summed E-state index contributed by atoms with van der Waals surface area (Å²) in [4.78, 5) is 2.40. The van der Waals surface area contributed by atoms with Crippen molar-refractivity contribution >= 4 is 27.2 Å². The number of unbranched alkanes of at least 4 members (excludes halogenated alkanes) is 1. The SMILES string of the molecule is Cc1ccc(S(=O)(=O)OCCCCOCc2ccc(N(c3ccccc3)c3ccccc3)cc2)cc1. The molecule has 0 heterocycles. The van der Waals surface area contributed by atoms with Crippen LogP contribution < -0.4 is 4.90 Å². The molecule has 0 atom stereocenters. The number of aryl methyl sites for hydroxylation is 1. The monoisotopic (exact) mass is 501 g/mol. The first-order valence-corrected chi connectivity index (χ1v) is 13.5. The molecule has 0 fully saturated rings. The average molecular weight is 502 g/mol. The summed E-state index contributed by atoms with van der Waals surface area (Å²) in [6.07, 6.45) is 1.32. The number of rotatable bonds is 12. The van der Waals surface area contributed by atoms with Gasteiger partial charge in [0.2, 0.25) is 0 Å². The van der Waals surface area contributed by atoms with Crippen LogP contribution in [0.2, 0.25) is 0 Å². The molecule has 0 radical (unpaired) electrons. The summed E-state index contributed by atoms with van der Waals surface area (Å²) in [6.45, 7) is 3.09. The lowest BCUT2D eigenvalue weighted by atomic mass is 10.1. The van der Waals surface area contributed by atoms with Gasteiger partial charge >= 0.3 is 0 Å². The van der Waals surface area contributed by atoms with Crippen molar-refractivity contribution in [3.8, 4) is 0 Å². The fourth-order valence-corrected chi connectivity index (χ4v) is 4.72. The topological polar surface area (TPSA) is 55.8 Å². The van der Waals surface area contributed by atoms with E-state index in [1.54, 1.807) is 24.3 Å². The molecular formula is C30H31NO4S. The Morgan fingerprint density at radius 2 is 1.17 bits per heavy atom. The van der Waals surface area contributed by atoms with Crippen LogP contribution >= 0.6 is 0 Å². The van der Waals surface area contributed by atoms with Gasteiger partial charge in [-0.25, -0.2) is 0 Å². The third-order valence-corrected chi connectivity index (χ3v) is 7.05. The van der Waals surface area contributed by atoms with E-state index in [0.717, 1.165) is 34.6 Å². The van der Waals surface area contributed by atoms with E-state index in [0.29, 0.717) is 19.6 Å². The maximum Gasteiger partial charge on any atom is 0.296 e. The molecule has 0 unspecified atom stereocenters. The predicted molar refractivity (Wildman–Crippen MR) is 144 cm³/mol. The Bertz CT molecular complexity index is 1270. The molecule has 0 aliphatic carbocycles. The molecule has 0 aliphatic heterocycles. The molecule has 0 aromatic heterocycles. The van der Waals surface area contributed by atoms with Crippen LogP contribution in [0.5, 0.6) is 0 Å². The van der Waals surface area contributed by atoms with Crippen LogP contribution in [0.25, 0.3) is 0 Å². The van der Waals surface area contributed by atoms with Crippen molar-refractivity contribution in [1.29, 1.82) is 0 Å². The summed E-state index contributed by atoms with van der Waals surface area (Å²) >= 11 is 0. The lowest BCUT2D eigenvalue weighted by Crippen LogP contribution is -2.09. The molecule has 0 bridgehead atoms. The fraction of sp³-hybridized carbons (Fsp3) is 0.200. The lowest BCUT2D eigenvalue weighted by molar-refractivity contribution is 0.114. The Morgan fingerprint density at radius 3 is 1.75 bits per heavy atom. The maximum absolute atomic E-state index is 12.2. The van der Waals surface area contributed by atoms with E-state index in [2.05, 4.69) is 53.4 Å². The molecule has 4 rings (SSSR count). The summed E-state index contributed by atoms with van der Waals surface area (Å²) in [5, 5.41) is 0. The Labute approximate surface area is 214 Å². The third kappa shape index (κ3) is 7.04. The number of para-hydroxylation sites is 2. The van der Waals surface area contributed by atoms with Crippen LogP contribution in [0, 0.1) is 6.92 Å². The molecule has 0 aliphatic rings. The Hall–Kier alpha value is -3.45. The highest BCUT2D eigenvalue weighted by Gasteiger charge is 2.14. The van der Waals surface area contributed by atoms with Crippen LogP contribution in [0.4, 0.5) is 17.1 Å². The van der Waals surface area contributed by atoms with Crippen molar-refractivity contribution in [1.82, 2.24) is 0 Å². The standard InChI is InChI=1S/C30H31NO4S/c1-25-14-20-30(21-15-25)36(32,33)35-23-9-8-22-34-24-26-16-18-29(19-17-26)31(27-10-4-2-5-11-27)28-12-6-3-7-13-28/h2-7,10-21H,8-9,22-24H2,1H3. The van der Waals surface area contributed by atoms with Gasteiger partial charge in [0.25, 0.3) is 10.1 Å². The van der Waals surface area contributed by atoms with Gasteiger partial charge in [0.1, 0.15) is 0 Å². The second kappa shape index (κ2) is 12.5. The van der Waals surface area contributed by atoms with Crippen molar-refractivity contribution in [2.24, 2.45) is 0 Å². The first-order chi connectivity index (χ1) is 17.5. The molecule has 5 nitrogen and oxygen atoms in total. The van der Waals surface area contributed by atoms with Gasteiger partial charge in [0.15, 0.2) is 0 Å². The van der Waals surface area contributed by atoms with Gasteiger partial charge in [-0.3, -0.25) is 4.18 Å². The molecule has 6 heteroatoms. The van der Waals surface area contributed by atoms with Crippen LogP contribution in [0.3, 0.4) is 0 Å². The van der Waals surface area contributed by atoms with Crippen molar-refractivity contribution in [2.75, 3.05) is 18.1 Å². The molecule has 4 aromatic carbocycles. The average Bonchev–Trinajstić information content (AvgIpc) is 2.91. The minimum Gasteiger partial charge on any atom is -0.377 e. The highest BCUT2D eigenvalue weighted by molar-refractivity contribution is 7.86. The molecule has 0 spiro atoms. The van der Waals surface area contributed by atoms with E-state index in [1.165, 1.54) is 0 Å². The summed E-state index contributed by atoms with van der Waals surface area (Å²) in [5.74, 6) is 0. The highest BCUT2D eigenvalue weighted by Crippen LogP contribution is 2.34. The van der Waals surface area contributed by atoms with Crippen LogP contribution in [-0.2, 0) is 25.6 Å². The Morgan fingerprint density at radius 1 is 0.639 bits per heavy atom. The zero-order chi connectivity index (χ0) is 25.2. The van der Waals surface area contributed by atoms with Crippen molar-refractivity contribution < 1.29 is 17.3 Å². The maximum atomic E-state index is 12.2. The van der Waals surface area contributed by atoms with Gasteiger partial charge in [-0.2, -0.15) is 8.42 Å². The summed E-state index contributed by atoms with van der Waals surface area (Å²) in [5.41, 5.74) is 5.35. The molecule has 0 N–H and O–H groups in total. The van der Waals surface area contributed by atoms with Crippen molar-refractivity contribution in [3.05, 3.63) is 120 Å². The molecule has 36 heavy (non-hydrogen) atoms. The van der Waals surface area contributed by atoms with Gasteiger partial charge in [-0.1, -0.05) is 66.2 Å². The quantitative estimate of drug-likeness (QED) is 0.152. The molecule has 0 saturated carbocycles. The zero-order valence-electron chi connectivity index (χ0n) is 20.4.